The number of fused-ring (bicyclic) bond motifs is 1. The summed E-state index contributed by atoms with van der Waals surface area (Å²) in [7, 11) is 2.73. The van der Waals surface area contributed by atoms with Crippen molar-refractivity contribution in [1.82, 2.24) is 10.3 Å². The molecule has 2 aromatic carbocycles. The van der Waals surface area contributed by atoms with Crippen LogP contribution >= 0.6 is 0 Å². The fraction of sp³-hybridized carbons (Fsp3) is 0.182. The molecule has 0 aliphatic carbocycles. The van der Waals surface area contributed by atoms with E-state index >= 15 is 0 Å². The summed E-state index contributed by atoms with van der Waals surface area (Å²) in [6.07, 6.45) is 1.68. The Morgan fingerprint density at radius 3 is 2.58 bits per heavy atom. The van der Waals surface area contributed by atoms with Gasteiger partial charge in [0.05, 0.1) is 31.8 Å². The molecule has 3 rings (SSSR count). The highest BCUT2D eigenvalue weighted by Gasteiger charge is 2.24. The van der Waals surface area contributed by atoms with Crippen molar-refractivity contribution in [2.24, 2.45) is 0 Å². The topological polar surface area (TPSA) is 113 Å². The fourth-order valence-electron chi connectivity index (χ4n) is 2.84. The van der Waals surface area contributed by atoms with E-state index in [-0.39, 0.29) is 30.2 Å². The van der Waals surface area contributed by atoms with Crippen LogP contribution < -0.4 is 19.5 Å². The van der Waals surface area contributed by atoms with Gasteiger partial charge in [-0.05, 0) is 12.1 Å². The molecule has 9 heteroatoms. The van der Waals surface area contributed by atoms with Gasteiger partial charge in [0.15, 0.2) is 11.5 Å². The van der Waals surface area contributed by atoms with Crippen molar-refractivity contribution >= 4 is 22.5 Å². The zero-order chi connectivity index (χ0) is 22.2. The average molecular weight is 421 g/mol. The Labute approximate surface area is 178 Å². The van der Waals surface area contributed by atoms with Gasteiger partial charge in [-0.15, -0.1) is 0 Å². The van der Waals surface area contributed by atoms with E-state index in [0.717, 1.165) is 17.0 Å². The molecule has 0 aliphatic heterocycles. The van der Waals surface area contributed by atoms with Crippen molar-refractivity contribution in [3.8, 4) is 29.1 Å². The van der Waals surface area contributed by atoms with E-state index < -0.39 is 16.5 Å². The first kappa shape index (κ1) is 21.4. The van der Waals surface area contributed by atoms with Crippen LogP contribution in [0, 0.1) is 22.0 Å². The maximum atomic E-state index is 12.4. The number of methoxy groups -OCH3 is 2. The van der Waals surface area contributed by atoms with Crippen LogP contribution in [0.1, 0.15) is 10.4 Å². The lowest BCUT2D eigenvalue weighted by Gasteiger charge is -2.10. The number of carbonyl (C=O) groups excluding carboxylic acids is 1. The SMILES string of the molecule is COc1cc(C(=O)NCC#CCOc2cccc3cccnc23)c([N+](=O)[O-])cc1OC. The average Bonchev–Trinajstić information content (AvgIpc) is 2.80. The van der Waals surface area contributed by atoms with Crippen LogP contribution in [0.5, 0.6) is 17.2 Å². The van der Waals surface area contributed by atoms with Gasteiger partial charge in [0.1, 0.15) is 23.4 Å². The van der Waals surface area contributed by atoms with Gasteiger partial charge in [0.25, 0.3) is 11.6 Å². The van der Waals surface area contributed by atoms with Gasteiger partial charge in [-0.3, -0.25) is 19.9 Å². The molecule has 0 unspecified atom stereocenters. The highest BCUT2D eigenvalue weighted by atomic mass is 16.6. The maximum absolute atomic E-state index is 12.4. The summed E-state index contributed by atoms with van der Waals surface area (Å²) in [5.74, 6) is 5.87. The quantitative estimate of drug-likeness (QED) is 0.354. The lowest BCUT2D eigenvalue weighted by Crippen LogP contribution is -2.24. The number of rotatable bonds is 7. The number of aromatic nitrogens is 1. The van der Waals surface area contributed by atoms with E-state index in [1.807, 2.05) is 24.3 Å². The van der Waals surface area contributed by atoms with Gasteiger partial charge in [0, 0.05) is 17.6 Å². The predicted octanol–water partition coefficient (Wildman–Crippen LogP) is 2.97. The summed E-state index contributed by atoms with van der Waals surface area (Å²) in [6, 6.07) is 11.8. The number of para-hydroxylation sites is 1. The number of nitrogens with one attached hydrogen (secondary N) is 1. The molecule has 3 aromatic rings. The molecule has 31 heavy (non-hydrogen) atoms. The fourth-order valence-corrected chi connectivity index (χ4v) is 2.84. The number of nitro groups is 1. The lowest BCUT2D eigenvalue weighted by atomic mass is 10.1. The molecule has 0 spiro atoms. The van der Waals surface area contributed by atoms with Gasteiger partial charge < -0.3 is 19.5 Å². The lowest BCUT2D eigenvalue weighted by molar-refractivity contribution is -0.385. The second kappa shape index (κ2) is 9.93. The molecule has 0 aliphatic rings. The van der Waals surface area contributed by atoms with Gasteiger partial charge in [-0.2, -0.15) is 0 Å². The Kier molecular flexibility index (Phi) is 6.85. The smallest absolute Gasteiger partial charge is 0.286 e. The first-order chi connectivity index (χ1) is 15.0. The number of hydrogen-bond acceptors (Lipinski definition) is 7. The normalized spacial score (nSPS) is 10.0. The van der Waals surface area contributed by atoms with Crippen LogP contribution in [-0.2, 0) is 0 Å². The number of carbonyl (C=O) groups is 1. The van der Waals surface area contributed by atoms with Crippen LogP contribution in [0.3, 0.4) is 0 Å². The van der Waals surface area contributed by atoms with Crippen molar-refractivity contribution in [2.75, 3.05) is 27.4 Å². The number of hydrogen-bond donors (Lipinski definition) is 1. The molecule has 0 atom stereocenters. The molecule has 158 valence electrons. The minimum Gasteiger partial charge on any atom is -0.493 e. The molecule has 1 heterocycles. The highest BCUT2D eigenvalue weighted by Crippen LogP contribution is 2.34. The summed E-state index contributed by atoms with van der Waals surface area (Å²) in [6.45, 7) is 0.0868. The molecule has 1 N–H and O–H groups in total. The summed E-state index contributed by atoms with van der Waals surface area (Å²) in [4.78, 5) is 27.4. The molecule has 0 saturated heterocycles. The van der Waals surface area contributed by atoms with E-state index in [0.29, 0.717) is 5.75 Å². The van der Waals surface area contributed by atoms with Gasteiger partial charge in [0.2, 0.25) is 0 Å². The first-order valence-corrected chi connectivity index (χ1v) is 9.16. The molecule has 0 saturated carbocycles. The number of ether oxygens (including phenoxy) is 3. The van der Waals surface area contributed by atoms with Crippen molar-refractivity contribution in [3.05, 3.63) is 64.3 Å². The largest absolute Gasteiger partial charge is 0.493 e. The second-order valence-corrected chi connectivity index (χ2v) is 6.14. The van der Waals surface area contributed by atoms with Crippen LogP contribution in [0.4, 0.5) is 5.69 Å². The third kappa shape index (κ3) is 5.00. The van der Waals surface area contributed by atoms with E-state index in [2.05, 4.69) is 22.1 Å². The molecule has 9 nitrogen and oxygen atoms in total. The number of pyridine rings is 1. The minimum absolute atomic E-state index is 0.0124. The zero-order valence-corrected chi connectivity index (χ0v) is 16.9. The molecule has 1 amide bonds. The number of benzene rings is 2. The minimum atomic E-state index is -0.658. The molecule has 0 bridgehead atoms. The Balaban J connectivity index is 1.62. The van der Waals surface area contributed by atoms with Gasteiger partial charge in [-0.1, -0.05) is 30.0 Å². The number of nitrogens with zero attached hydrogens (tertiary/aromatic N) is 2. The zero-order valence-electron chi connectivity index (χ0n) is 16.9. The summed E-state index contributed by atoms with van der Waals surface area (Å²) in [5.41, 5.74) is 0.193. The van der Waals surface area contributed by atoms with Gasteiger partial charge >= 0.3 is 0 Å². The molecule has 1 aromatic heterocycles. The number of amides is 1. The van der Waals surface area contributed by atoms with Crippen molar-refractivity contribution in [2.45, 2.75) is 0 Å². The Morgan fingerprint density at radius 1 is 1.10 bits per heavy atom. The second-order valence-electron chi connectivity index (χ2n) is 6.14. The standard InChI is InChI=1S/C22H19N3O6/c1-29-19-13-16(17(25(27)28)14-20(19)30-2)22(26)24-10-3-4-12-31-18-9-5-7-15-8-6-11-23-21(15)18/h5-9,11,13-14H,10,12H2,1-2H3,(H,24,26). The Bertz CT molecular complexity index is 1180. The molecular weight excluding hydrogens is 402 g/mol. The molecule has 0 fully saturated rings. The van der Waals surface area contributed by atoms with Crippen LogP contribution in [0.15, 0.2) is 48.7 Å². The van der Waals surface area contributed by atoms with Crippen molar-refractivity contribution < 1.29 is 23.9 Å². The summed E-state index contributed by atoms with van der Waals surface area (Å²) < 4.78 is 15.8. The van der Waals surface area contributed by atoms with E-state index in [9.17, 15) is 14.9 Å². The van der Waals surface area contributed by atoms with Crippen molar-refractivity contribution in [1.29, 1.82) is 0 Å². The van der Waals surface area contributed by atoms with E-state index in [4.69, 9.17) is 14.2 Å². The molecular formula is C22H19N3O6. The first-order valence-electron chi connectivity index (χ1n) is 9.16. The summed E-state index contributed by atoms with van der Waals surface area (Å²) >= 11 is 0. The number of nitro benzene ring substituents is 1. The third-order valence-electron chi connectivity index (χ3n) is 4.30. The van der Waals surface area contributed by atoms with Crippen LogP contribution in [0.2, 0.25) is 0 Å². The van der Waals surface area contributed by atoms with Crippen LogP contribution in [-0.4, -0.2) is 43.2 Å². The Morgan fingerprint density at radius 2 is 1.84 bits per heavy atom. The monoisotopic (exact) mass is 421 g/mol. The van der Waals surface area contributed by atoms with E-state index in [1.54, 1.807) is 12.3 Å². The van der Waals surface area contributed by atoms with Crippen LogP contribution in [0.25, 0.3) is 10.9 Å². The molecule has 0 radical (unpaired) electrons. The van der Waals surface area contributed by atoms with Gasteiger partial charge in [-0.25, -0.2) is 0 Å². The van der Waals surface area contributed by atoms with Crippen molar-refractivity contribution in [3.63, 3.8) is 0 Å². The predicted molar refractivity (Wildman–Crippen MR) is 114 cm³/mol. The highest BCUT2D eigenvalue weighted by molar-refractivity contribution is 5.99. The summed E-state index contributed by atoms with van der Waals surface area (Å²) in [5, 5.41) is 14.8. The van der Waals surface area contributed by atoms with E-state index in [1.165, 1.54) is 20.3 Å². The Hall–Kier alpha value is -4.32. The third-order valence-corrected chi connectivity index (χ3v) is 4.30. The maximum Gasteiger partial charge on any atom is 0.286 e.